The molecule has 15 aromatic carbocycles. The van der Waals surface area contributed by atoms with Crippen molar-refractivity contribution in [2.24, 2.45) is 0 Å². The number of benzene rings is 15. The third-order valence-electron chi connectivity index (χ3n) is 20.0. The average Bonchev–Trinajstić information content (AvgIpc) is 1.64. The lowest BCUT2D eigenvalue weighted by molar-refractivity contribution is 1.50. The van der Waals surface area contributed by atoms with Crippen LogP contribution < -0.4 is 0 Å². The van der Waals surface area contributed by atoms with Crippen LogP contribution in [0.5, 0.6) is 0 Å². The molecule has 0 radical (unpaired) electrons. The minimum Gasteiger partial charge on any atom is -0.141 e. The standard InChI is InChI=1S/C24H18.C20H16.C16H12S2.C16H14.C12H10S2.C10H8S3/c1-15-3-5-17-9-21-14-24-12-20-8-16(2)4-6-18(20)10-22(24)13-23(21)11-19(17)7-15;1-13-3-5-15-9-20-12-18-8-14(2)4-6-16(18)10-19(20)11-17(15)7-13;1-9-3-5-11-13(7-9)17-16-12-6-4-10(2)8-14(12)18-15(11)16;1-11-3-5-13-10-16-8-12(2)4-6-14(16)9-15(13)7-11;1-7-3-9-5-12-10(4-8(2)14-12)6-11(9)13-7;1-5-3-7-9(11-5)10-8(13-7)4-6(2)12-10/h3-14H,1-2H3;3-12H,1-2H3;3-8H,1-2H3;3-10H,1-2H3;3-6H,1-2H3;3-4H,1-2H3. The van der Waals surface area contributed by atoms with E-state index in [1.165, 1.54) is 230 Å². The van der Waals surface area contributed by atoms with Crippen molar-refractivity contribution < 1.29 is 0 Å². The summed E-state index contributed by atoms with van der Waals surface area (Å²) in [5.74, 6) is 0. The van der Waals surface area contributed by atoms with E-state index in [1.54, 1.807) is 0 Å². The molecule has 0 fully saturated rings. The van der Waals surface area contributed by atoms with E-state index in [4.69, 9.17) is 0 Å². The molecule has 0 N–H and O–H groups in total. The zero-order chi connectivity index (χ0) is 72.1. The molecule has 512 valence electrons. The van der Waals surface area contributed by atoms with Crippen LogP contribution in [0.25, 0.3) is 165 Å². The van der Waals surface area contributed by atoms with Crippen molar-refractivity contribution in [1.29, 1.82) is 0 Å². The second-order valence-electron chi connectivity index (χ2n) is 29.0. The molecule has 105 heavy (non-hydrogen) atoms. The van der Waals surface area contributed by atoms with Crippen molar-refractivity contribution in [2.75, 3.05) is 0 Å². The maximum atomic E-state index is 2.33. The number of aryl methyl sites for hydroxylation is 12. The highest BCUT2D eigenvalue weighted by Crippen LogP contribution is 2.46. The molecule has 7 heteroatoms. The van der Waals surface area contributed by atoms with Crippen LogP contribution in [0.15, 0.2) is 255 Å². The fourth-order valence-electron chi connectivity index (χ4n) is 14.8. The van der Waals surface area contributed by atoms with Gasteiger partial charge < -0.3 is 0 Å². The predicted octanol–water partition coefficient (Wildman–Crippen LogP) is 32.7. The smallest absolute Gasteiger partial charge is 0.0632 e. The largest absolute Gasteiger partial charge is 0.141 e. The molecule has 7 heterocycles. The van der Waals surface area contributed by atoms with Crippen LogP contribution in [-0.4, -0.2) is 0 Å². The maximum Gasteiger partial charge on any atom is 0.0632 e. The van der Waals surface area contributed by atoms with E-state index in [0.29, 0.717) is 0 Å². The van der Waals surface area contributed by atoms with Gasteiger partial charge in [0.05, 0.1) is 18.8 Å². The summed E-state index contributed by atoms with van der Waals surface area (Å²) in [4.78, 5) is 5.65. The molecule has 0 bridgehead atoms. The molecule has 22 aromatic rings. The van der Waals surface area contributed by atoms with Gasteiger partial charge in [-0.1, -0.05) is 167 Å². The molecular weight excluding hydrogens is 1400 g/mol. The van der Waals surface area contributed by atoms with Crippen molar-refractivity contribution in [3.63, 3.8) is 0 Å². The first-order valence-corrected chi connectivity index (χ1v) is 41.6. The molecule has 22 rings (SSSR count). The summed E-state index contributed by atoms with van der Waals surface area (Å²) in [5, 5.41) is 29.3. The monoisotopic (exact) mass is 1480 g/mol. The number of rotatable bonds is 0. The van der Waals surface area contributed by atoms with Gasteiger partial charge in [-0.2, -0.15) is 0 Å². The van der Waals surface area contributed by atoms with E-state index in [1.807, 2.05) is 79.4 Å². The van der Waals surface area contributed by atoms with E-state index in [9.17, 15) is 0 Å². The molecule has 0 aliphatic carbocycles. The van der Waals surface area contributed by atoms with Crippen LogP contribution in [-0.2, 0) is 0 Å². The Labute approximate surface area is 641 Å². The molecule has 0 nitrogen and oxygen atoms in total. The quantitative estimate of drug-likeness (QED) is 0.133. The van der Waals surface area contributed by atoms with Gasteiger partial charge in [-0.25, -0.2) is 0 Å². The van der Waals surface area contributed by atoms with Crippen LogP contribution in [0.3, 0.4) is 0 Å². The topological polar surface area (TPSA) is 0 Å². The molecule has 0 unspecified atom stereocenters. The molecule has 0 saturated carbocycles. The molecule has 0 spiro atoms. The Balaban J connectivity index is 0.0000000940. The summed E-state index contributed by atoms with van der Waals surface area (Å²) in [7, 11) is 0. The van der Waals surface area contributed by atoms with Crippen LogP contribution in [0, 0.1) is 83.1 Å². The van der Waals surface area contributed by atoms with Gasteiger partial charge in [0, 0.05) is 58.5 Å². The number of thiophene rings is 7. The van der Waals surface area contributed by atoms with Gasteiger partial charge in [-0.05, 0) is 323 Å². The van der Waals surface area contributed by atoms with Gasteiger partial charge >= 0.3 is 0 Å². The second kappa shape index (κ2) is 28.0. The van der Waals surface area contributed by atoms with E-state index in [0.717, 1.165) is 0 Å². The third kappa shape index (κ3) is 14.2. The summed E-state index contributed by atoms with van der Waals surface area (Å²) in [5.41, 5.74) is 10.6. The Hall–Kier alpha value is -9.64. The van der Waals surface area contributed by atoms with E-state index in [2.05, 4.69) is 338 Å². The lowest BCUT2D eigenvalue weighted by atomic mass is 9.96. The lowest BCUT2D eigenvalue weighted by Crippen LogP contribution is -1.82. The first-order chi connectivity index (χ1) is 50.7. The predicted molar refractivity (Wildman–Crippen MR) is 481 cm³/mol. The van der Waals surface area contributed by atoms with E-state index < -0.39 is 0 Å². The lowest BCUT2D eigenvalue weighted by Gasteiger charge is -2.08. The summed E-state index contributed by atoms with van der Waals surface area (Å²) in [6.45, 7) is 25.9. The molecular formula is C98H78S7. The van der Waals surface area contributed by atoms with Crippen molar-refractivity contribution in [1.82, 2.24) is 0 Å². The normalized spacial score (nSPS) is 11.6. The molecule has 0 atom stereocenters. The van der Waals surface area contributed by atoms with Gasteiger partial charge in [-0.3, -0.25) is 0 Å². The van der Waals surface area contributed by atoms with Crippen molar-refractivity contribution in [2.45, 2.75) is 83.1 Å². The average molecular weight is 1480 g/mol. The van der Waals surface area contributed by atoms with Crippen molar-refractivity contribution in [3.05, 3.63) is 319 Å². The number of hydrogen-bond acceptors (Lipinski definition) is 7. The minimum absolute atomic E-state index is 1.31. The Bertz CT molecular complexity index is 6710. The molecule has 0 aliphatic heterocycles. The van der Waals surface area contributed by atoms with Crippen LogP contribution in [0.1, 0.15) is 64.0 Å². The highest BCUT2D eigenvalue weighted by molar-refractivity contribution is 7.38. The van der Waals surface area contributed by atoms with E-state index in [-0.39, 0.29) is 0 Å². The molecule has 7 aromatic heterocycles. The zero-order valence-corrected chi connectivity index (χ0v) is 66.8. The summed E-state index contributed by atoms with van der Waals surface area (Å²) in [6.07, 6.45) is 0. The summed E-state index contributed by atoms with van der Waals surface area (Å²) < 4.78 is 14.5. The van der Waals surface area contributed by atoms with Crippen LogP contribution >= 0.6 is 79.4 Å². The van der Waals surface area contributed by atoms with Crippen molar-refractivity contribution in [3.8, 4) is 0 Å². The molecule has 0 saturated heterocycles. The third-order valence-corrected chi connectivity index (χ3v) is 28.2. The highest BCUT2D eigenvalue weighted by Gasteiger charge is 2.14. The Morgan fingerprint density at radius 2 is 0.362 bits per heavy atom. The first-order valence-electron chi connectivity index (χ1n) is 35.9. The fourth-order valence-corrected chi connectivity index (χ4v) is 23.4. The Morgan fingerprint density at radius 3 is 0.638 bits per heavy atom. The summed E-state index contributed by atoms with van der Waals surface area (Å²) in [6, 6.07) is 94.9. The fraction of sp³-hybridized carbons (Fsp3) is 0.122. The SMILES string of the molecule is Cc1cc2cc3sc(C)cc3cc2s1.Cc1cc2sc3cc(C)sc3c2s1.Cc1ccc2c(c1)sc1c3ccc(C)cc3sc21.Cc1ccc2cc3cc(C)ccc3cc2c1.Cc1ccc2cc3cc4cc(C)ccc4cc3cc2c1.Cc1ccc2cc3cc4cc5cc(C)ccc5cc4cc3cc2c1. The number of fused-ring (bicyclic) bond motifs is 19. The van der Waals surface area contributed by atoms with Gasteiger partial charge in [0.2, 0.25) is 0 Å². The molecule has 0 amide bonds. The summed E-state index contributed by atoms with van der Waals surface area (Å²) >= 11 is 13.4. The Kier molecular flexibility index (Phi) is 18.3. The number of hydrogen-bond donors (Lipinski definition) is 0. The van der Waals surface area contributed by atoms with Gasteiger partial charge in [0.25, 0.3) is 0 Å². The van der Waals surface area contributed by atoms with Gasteiger partial charge in [0.1, 0.15) is 0 Å². The minimum atomic E-state index is 1.31. The zero-order valence-electron chi connectivity index (χ0n) is 61.1. The van der Waals surface area contributed by atoms with Crippen molar-refractivity contribution >= 4 is 245 Å². The highest BCUT2D eigenvalue weighted by atomic mass is 32.1. The second-order valence-corrected chi connectivity index (χ2v) is 37.2. The Morgan fingerprint density at radius 1 is 0.133 bits per heavy atom. The van der Waals surface area contributed by atoms with Crippen LogP contribution in [0.4, 0.5) is 0 Å². The van der Waals surface area contributed by atoms with Gasteiger partial charge in [0.15, 0.2) is 0 Å². The van der Waals surface area contributed by atoms with Crippen LogP contribution in [0.2, 0.25) is 0 Å². The first kappa shape index (κ1) is 68.5. The molecule has 0 aliphatic rings. The maximum absolute atomic E-state index is 2.33. The van der Waals surface area contributed by atoms with E-state index >= 15 is 0 Å². The van der Waals surface area contributed by atoms with Gasteiger partial charge in [-0.15, -0.1) is 79.4 Å².